The van der Waals surface area contributed by atoms with E-state index in [0.29, 0.717) is 6.42 Å². The molecule has 0 saturated heterocycles. The molecule has 0 amide bonds. The first-order chi connectivity index (χ1) is 8.85. The molecule has 0 aliphatic rings. The molecule has 19 heavy (non-hydrogen) atoms. The van der Waals surface area contributed by atoms with Crippen LogP contribution in [0.4, 0.5) is 11.4 Å². The van der Waals surface area contributed by atoms with Crippen LogP contribution in [0.3, 0.4) is 0 Å². The molecule has 0 heterocycles. The smallest absolute Gasteiger partial charge is 0.0659 e. The molecular formula is C15H22ClN3. The van der Waals surface area contributed by atoms with Crippen LogP contribution in [-0.4, -0.2) is 20.6 Å². The maximum absolute atomic E-state index is 8.64. The van der Waals surface area contributed by atoms with Gasteiger partial charge in [-0.3, -0.25) is 0 Å². The lowest BCUT2D eigenvalue weighted by Gasteiger charge is -2.25. The largest absolute Gasteiger partial charge is 0.384 e. The summed E-state index contributed by atoms with van der Waals surface area (Å²) in [5.74, 6) is 0. The van der Waals surface area contributed by atoms with Gasteiger partial charge in [0.25, 0.3) is 0 Å². The van der Waals surface area contributed by atoms with E-state index in [1.54, 1.807) is 0 Å². The summed E-state index contributed by atoms with van der Waals surface area (Å²) in [5, 5.41) is 12.8. The standard InChI is InChI=1S/C15H22ClN3/c1-15(2,8-5-9-17)11-18-12-6-7-14(19(3)4)13(16)10-12/h6-7,10,18H,5,8,11H2,1-4H3. The van der Waals surface area contributed by atoms with Crippen LogP contribution >= 0.6 is 11.6 Å². The fourth-order valence-electron chi connectivity index (χ4n) is 1.80. The maximum Gasteiger partial charge on any atom is 0.0659 e. The average molecular weight is 280 g/mol. The third-order valence-corrected chi connectivity index (χ3v) is 3.42. The molecule has 1 aromatic rings. The summed E-state index contributed by atoms with van der Waals surface area (Å²) in [4.78, 5) is 1.99. The van der Waals surface area contributed by atoms with Crippen molar-refractivity contribution in [1.82, 2.24) is 0 Å². The van der Waals surface area contributed by atoms with Crippen molar-refractivity contribution in [3.05, 3.63) is 23.2 Å². The molecule has 0 aliphatic carbocycles. The molecule has 0 radical (unpaired) electrons. The van der Waals surface area contributed by atoms with E-state index in [9.17, 15) is 0 Å². The molecule has 4 heteroatoms. The molecule has 0 fully saturated rings. The van der Waals surface area contributed by atoms with E-state index in [-0.39, 0.29) is 5.41 Å². The number of nitrogens with zero attached hydrogens (tertiary/aromatic N) is 2. The number of nitrogens with one attached hydrogen (secondary N) is 1. The van der Waals surface area contributed by atoms with Crippen LogP contribution in [0.25, 0.3) is 0 Å². The quantitative estimate of drug-likeness (QED) is 0.850. The Kier molecular flexibility index (Phi) is 5.50. The summed E-state index contributed by atoms with van der Waals surface area (Å²) < 4.78 is 0. The van der Waals surface area contributed by atoms with Crippen LogP contribution in [-0.2, 0) is 0 Å². The summed E-state index contributed by atoms with van der Waals surface area (Å²) in [6.07, 6.45) is 1.48. The topological polar surface area (TPSA) is 39.1 Å². The number of halogens is 1. The van der Waals surface area contributed by atoms with Gasteiger partial charge in [-0.1, -0.05) is 25.4 Å². The van der Waals surface area contributed by atoms with Crippen molar-refractivity contribution in [3.63, 3.8) is 0 Å². The van der Waals surface area contributed by atoms with E-state index in [4.69, 9.17) is 16.9 Å². The highest BCUT2D eigenvalue weighted by Gasteiger charge is 2.17. The number of hydrogen-bond donors (Lipinski definition) is 1. The second-order valence-electron chi connectivity index (χ2n) is 5.74. The zero-order valence-corrected chi connectivity index (χ0v) is 12.9. The molecule has 104 valence electrons. The van der Waals surface area contributed by atoms with Crippen LogP contribution < -0.4 is 10.2 Å². The molecular weight excluding hydrogens is 258 g/mol. The Bertz CT molecular complexity index is 461. The minimum Gasteiger partial charge on any atom is -0.384 e. The highest BCUT2D eigenvalue weighted by Crippen LogP contribution is 2.29. The van der Waals surface area contributed by atoms with Crippen molar-refractivity contribution >= 4 is 23.0 Å². The van der Waals surface area contributed by atoms with Gasteiger partial charge in [0, 0.05) is 32.7 Å². The minimum atomic E-state index is 0.0996. The Morgan fingerprint density at radius 2 is 2.05 bits per heavy atom. The van der Waals surface area contributed by atoms with Crippen LogP contribution in [0, 0.1) is 16.7 Å². The molecule has 1 rings (SSSR count). The number of rotatable bonds is 6. The van der Waals surface area contributed by atoms with Crippen molar-refractivity contribution in [1.29, 1.82) is 5.26 Å². The van der Waals surface area contributed by atoms with Crippen LogP contribution in [0.2, 0.25) is 5.02 Å². The zero-order chi connectivity index (χ0) is 14.5. The Labute approximate surface area is 121 Å². The molecule has 1 N–H and O–H groups in total. The Balaban J connectivity index is 2.64. The Morgan fingerprint density at radius 1 is 1.37 bits per heavy atom. The highest BCUT2D eigenvalue weighted by molar-refractivity contribution is 6.33. The van der Waals surface area contributed by atoms with Crippen LogP contribution in [0.15, 0.2) is 18.2 Å². The number of anilines is 2. The highest BCUT2D eigenvalue weighted by atomic mass is 35.5. The number of nitriles is 1. The molecule has 1 aromatic carbocycles. The Hall–Kier alpha value is -1.40. The van der Waals surface area contributed by atoms with Gasteiger partial charge in [0.15, 0.2) is 0 Å². The Morgan fingerprint density at radius 3 is 2.58 bits per heavy atom. The lowest BCUT2D eigenvalue weighted by Crippen LogP contribution is -2.23. The average Bonchev–Trinajstić information content (AvgIpc) is 2.34. The van der Waals surface area contributed by atoms with Gasteiger partial charge in [-0.15, -0.1) is 0 Å². The summed E-state index contributed by atoms with van der Waals surface area (Å²) in [6, 6.07) is 8.17. The van der Waals surface area contributed by atoms with Crippen molar-refractivity contribution in [2.45, 2.75) is 26.7 Å². The van der Waals surface area contributed by atoms with Crippen molar-refractivity contribution < 1.29 is 0 Å². The molecule has 0 bridgehead atoms. The molecule has 0 aliphatic heterocycles. The minimum absolute atomic E-state index is 0.0996. The van der Waals surface area contributed by atoms with Gasteiger partial charge in [0.05, 0.1) is 16.8 Å². The van der Waals surface area contributed by atoms with E-state index in [1.165, 1.54) is 0 Å². The van der Waals surface area contributed by atoms with E-state index < -0.39 is 0 Å². The third kappa shape index (κ3) is 5.00. The third-order valence-electron chi connectivity index (χ3n) is 3.11. The first-order valence-corrected chi connectivity index (χ1v) is 6.81. The first-order valence-electron chi connectivity index (χ1n) is 6.43. The fourth-order valence-corrected chi connectivity index (χ4v) is 2.15. The van der Waals surface area contributed by atoms with Crippen molar-refractivity contribution in [2.24, 2.45) is 5.41 Å². The van der Waals surface area contributed by atoms with Gasteiger partial charge < -0.3 is 10.2 Å². The molecule has 0 unspecified atom stereocenters. The van der Waals surface area contributed by atoms with Gasteiger partial charge in [-0.2, -0.15) is 5.26 Å². The van der Waals surface area contributed by atoms with Gasteiger partial charge >= 0.3 is 0 Å². The fraction of sp³-hybridized carbons (Fsp3) is 0.533. The number of benzene rings is 1. The SMILES string of the molecule is CN(C)c1ccc(NCC(C)(C)CCC#N)cc1Cl. The summed E-state index contributed by atoms with van der Waals surface area (Å²) in [7, 11) is 3.94. The van der Waals surface area contributed by atoms with E-state index >= 15 is 0 Å². The normalized spacial score (nSPS) is 10.9. The second kappa shape index (κ2) is 6.68. The lowest BCUT2D eigenvalue weighted by molar-refractivity contribution is 0.364. The zero-order valence-electron chi connectivity index (χ0n) is 12.1. The van der Waals surface area contributed by atoms with Gasteiger partial charge in [0.2, 0.25) is 0 Å². The van der Waals surface area contributed by atoms with E-state index in [2.05, 4.69) is 25.2 Å². The predicted molar refractivity (Wildman–Crippen MR) is 82.9 cm³/mol. The monoisotopic (exact) mass is 279 g/mol. The predicted octanol–water partition coefficient (Wildman–Crippen LogP) is 4.15. The van der Waals surface area contributed by atoms with Gasteiger partial charge in [0.1, 0.15) is 0 Å². The summed E-state index contributed by atoms with van der Waals surface area (Å²) in [6.45, 7) is 5.15. The van der Waals surface area contributed by atoms with E-state index in [1.807, 2.05) is 37.2 Å². The summed E-state index contributed by atoms with van der Waals surface area (Å²) in [5.41, 5.74) is 2.12. The first kappa shape index (κ1) is 15.7. The van der Waals surface area contributed by atoms with Crippen LogP contribution in [0.1, 0.15) is 26.7 Å². The van der Waals surface area contributed by atoms with Crippen LogP contribution in [0.5, 0.6) is 0 Å². The summed E-state index contributed by atoms with van der Waals surface area (Å²) >= 11 is 6.23. The number of hydrogen-bond acceptors (Lipinski definition) is 3. The molecule has 0 saturated carbocycles. The van der Waals surface area contributed by atoms with Crippen molar-refractivity contribution in [2.75, 3.05) is 30.9 Å². The lowest BCUT2D eigenvalue weighted by atomic mass is 9.88. The van der Waals surface area contributed by atoms with Gasteiger partial charge in [-0.05, 0) is 30.0 Å². The van der Waals surface area contributed by atoms with E-state index in [0.717, 1.165) is 29.4 Å². The molecule has 0 atom stereocenters. The molecule has 3 nitrogen and oxygen atoms in total. The molecule has 0 aromatic heterocycles. The second-order valence-corrected chi connectivity index (χ2v) is 6.14. The molecule has 0 spiro atoms. The van der Waals surface area contributed by atoms with Crippen molar-refractivity contribution in [3.8, 4) is 6.07 Å². The maximum atomic E-state index is 8.64. The van der Waals surface area contributed by atoms with Gasteiger partial charge in [-0.25, -0.2) is 0 Å².